The highest BCUT2D eigenvalue weighted by Gasteiger charge is 2.27. The molecule has 2 aromatic carbocycles. The number of rotatable bonds is 7. The predicted molar refractivity (Wildman–Crippen MR) is 151 cm³/mol. The molecular weight excluding hydrogens is 440 g/mol. The number of piperidine rings is 1. The van der Waals surface area contributed by atoms with Gasteiger partial charge < -0.3 is 4.90 Å². The Morgan fingerprint density at radius 1 is 0.889 bits per heavy atom. The molecule has 1 saturated heterocycles. The minimum atomic E-state index is 0.454. The van der Waals surface area contributed by atoms with E-state index < -0.39 is 0 Å². The van der Waals surface area contributed by atoms with Crippen molar-refractivity contribution in [2.24, 2.45) is 0 Å². The van der Waals surface area contributed by atoms with Gasteiger partial charge in [-0.25, -0.2) is 9.97 Å². The van der Waals surface area contributed by atoms with Crippen molar-refractivity contribution < 1.29 is 0 Å². The van der Waals surface area contributed by atoms with E-state index in [2.05, 4.69) is 80.1 Å². The van der Waals surface area contributed by atoms with Gasteiger partial charge in [-0.3, -0.25) is 4.90 Å². The first-order valence-electron chi connectivity index (χ1n) is 14.1. The van der Waals surface area contributed by atoms with Gasteiger partial charge in [-0.1, -0.05) is 56.3 Å². The molecule has 1 fully saturated rings. The van der Waals surface area contributed by atoms with Crippen LogP contribution in [0.3, 0.4) is 0 Å². The SMILES string of the molecule is CCc1cccc(CC)c1-c1nc(C)c(CN(C)[C@H]2CCCc3ccccc32)c(N2CCCCC2)n1. The lowest BCUT2D eigenvalue weighted by Crippen LogP contribution is -2.33. The van der Waals surface area contributed by atoms with Gasteiger partial charge in [0, 0.05) is 42.5 Å². The maximum absolute atomic E-state index is 5.38. The third-order valence-electron chi connectivity index (χ3n) is 8.35. The number of fused-ring (bicyclic) bond motifs is 1. The Morgan fingerprint density at radius 3 is 2.33 bits per heavy atom. The van der Waals surface area contributed by atoms with Gasteiger partial charge in [0.05, 0.1) is 0 Å². The Hall–Kier alpha value is -2.72. The van der Waals surface area contributed by atoms with Gasteiger partial charge in [-0.15, -0.1) is 0 Å². The lowest BCUT2D eigenvalue weighted by Gasteiger charge is -2.35. The summed E-state index contributed by atoms with van der Waals surface area (Å²) in [4.78, 5) is 15.7. The summed E-state index contributed by atoms with van der Waals surface area (Å²) in [7, 11) is 2.29. The summed E-state index contributed by atoms with van der Waals surface area (Å²) in [5.74, 6) is 2.08. The summed E-state index contributed by atoms with van der Waals surface area (Å²) in [5, 5.41) is 0. The Balaban J connectivity index is 1.56. The number of aryl methyl sites for hydroxylation is 4. The zero-order valence-corrected chi connectivity index (χ0v) is 22.7. The maximum atomic E-state index is 5.38. The van der Waals surface area contributed by atoms with Crippen LogP contribution in [0.4, 0.5) is 5.82 Å². The second-order valence-corrected chi connectivity index (χ2v) is 10.7. The molecule has 1 aromatic heterocycles. The van der Waals surface area contributed by atoms with Gasteiger partial charge in [0.25, 0.3) is 0 Å². The zero-order chi connectivity index (χ0) is 25.1. The molecule has 36 heavy (non-hydrogen) atoms. The van der Waals surface area contributed by atoms with Gasteiger partial charge in [-0.2, -0.15) is 0 Å². The van der Waals surface area contributed by atoms with Crippen LogP contribution in [-0.4, -0.2) is 35.0 Å². The fourth-order valence-corrected chi connectivity index (χ4v) is 6.32. The first kappa shape index (κ1) is 25.0. The molecular formula is C32H42N4. The van der Waals surface area contributed by atoms with Crippen LogP contribution in [0.5, 0.6) is 0 Å². The summed E-state index contributed by atoms with van der Waals surface area (Å²) in [6.45, 7) is 9.75. The van der Waals surface area contributed by atoms with Crippen molar-refractivity contribution in [2.45, 2.75) is 84.7 Å². The van der Waals surface area contributed by atoms with Crippen molar-refractivity contribution in [1.29, 1.82) is 0 Å². The molecule has 0 unspecified atom stereocenters. The second kappa shape index (κ2) is 11.1. The van der Waals surface area contributed by atoms with E-state index in [0.717, 1.165) is 44.0 Å². The third-order valence-corrected chi connectivity index (χ3v) is 8.35. The van der Waals surface area contributed by atoms with Gasteiger partial charge in [0.15, 0.2) is 5.82 Å². The van der Waals surface area contributed by atoms with Crippen molar-refractivity contribution in [3.05, 3.63) is 76.0 Å². The van der Waals surface area contributed by atoms with Gasteiger partial charge >= 0.3 is 0 Å². The van der Waals surface area contributed by atoms with Crippen molar-refractivity contribution in [3.8, 4) is 11.4 Å². The van der Waals surface area contributed by atoms with E-state index in [9.17, 15) is 0 Å². The molecule has 1 atom stereocenters. The normalized spacial score (nSPS) is 17.9. The minimum Gasteiger partial charge on any atom is -0.356 e. The fourth-order valence-electron chi connectivity index (χ4n) is 6.32. The fraction of sp³-hybridized carbons (Fsp3) is 0.500. The molecule has 4 heteroatoms. The molecule has 190 valence electrons. The van der Waals surface area contributed by atoms with Crippen LogP contribution in [0.25, 0.3) is 11.4 Å². The monoisotopic (exact) mass is 482 g/mol. The highest BCUT2D eigenvalue weighted by Crippen LogP contribution is 2.37. The highest BCUT2D eigenvalue weighted by molar-refractivity contribution is 5.68. The number of nitrogens with zero attached hydrogens (tertiary/aromatic N) is 4. The molecule has 2 heterocycles. The smallest absolute Gasteiger partial charge is 0.162 e. The van der Waals surface area contributed by atoms with Crippen LogP contribution in [0, 0.1) is 6.92 Å². The van der Waals surface area contributed by atoms with E-state index >= 15 is 0 Å². The van der Waals surface area contributed by atoms with E-state index in [1.807, 2.05) is 0 Å². The van der Waals surface area contributed by atoms with Crippen molar-refractivity contribution >= 4 is 5.82 Å². The molecule has 3 aromatic rings. The molecule has 0 amide bonds. The van der Waals surface area contributed by atoms with Gasteiger partial charge in [0.2, 0.25) is 0 Å². The van der Waals surface area contributed by atoms with Crippen LogP contribution >= 0.6 is 0 Å². The molecule has 0 radical (unpaired) electrons. The maximum Gasteiger partial charge on any atom is 0.162 e. The van der Waals surface area contributed by atoms with Crippen molar-refractivity contribution in [3.63, 3.8) is 0 Å². The second-order valence-electron chi connectivity index (χ2n) is 10.7. The molecule has 2 aliphatic rings. The average molecular weight is 483 g/mol. The number of anilines is 1. The van der Waals surface area contributed by atoms with Crippen LogP contribution in [0.1, 0.15) is 85.5 Å². The summed E-state index contributed by atoms with van der Waals surface area (Å²) in [5.41, 5.74) is 9.41. The minimum absolute atomic E-state index is 0.454. The van der Waals surface area contributed by atoms with E-state index in [4.69, 9.17) is 9.97 Å². The number of hydrogen-bond acceptors (Lipinski definition) is 4. The molecule has 5 rings (SSSR count). The number of benzene rings is 2. The summed E-state index contributed by atoms with van der Waals surface area (Å²) >= 11 is 0. The van der Waals surface area contributed by atoms with E-state index in [1.165, 1.54) is 77.7 Å². The summed E-state index contributed by atoms with van der Waals surface area (Å²) in [6.07, 6.45) is 9.48. The molecule has 0 N–H and O–H groups in total. The van der Waals surface area contributed by atoms with Gasteiger partial charge in [0.1, 0.15) is 5.82 Å². The highest BCUT2D eigenvalue weighted by atomic mass is 15.2. The van der Waals surface area contributed by atoms with E-state index in [-0.39, 0.29) is 0 Å². The average Bonchev–Trinajstić information content (AvgIpc) is 2.93. The number of aromatic nitrogens is 2. The quantitative estimate of drug-likeness (QED) is 0.360. The van der Waals surface area contributed by atoms with Gasteiger partial charge in [-0.05, 0) is 87.6 Å². The lowest BCUT2D eigenvalue weighted by molar-refractivity contribution is 0.212. The van der Waals surface area contributed by atoms with Crippen LogP contribution in [0.2, 0.25) is 0 Å². The summed E-state index contributed by atoms with van der Waals surface area (Å²) in [6, 6.07) is 16.2. The summed E-state index contributed by atoms with van der Waals surface area (Å²) < 4.78 is 0. The van der Waals surface area contributed by atoms with Crippen molar-refractivity contribution in [1.82, 2.24) is 14.9 Å². The third kappa shape index (κ3) is 4.93. The molecule has 0 saturated carbocycles. The first-order chi connectivity index (χ1) is 17.6. The molecule has 4 nitrogen and oxygen atoms in total. The zero-order valence-electron chi connectivity index (χ0n) is 22.7. The number of hydrogen-bond donors (Lipinski definition) is 0. The largest absolute Gasteiger partial charge is 0.356 e. The van der Waals surface area contributed by atoms with Crippen LogP contribution < -0.4 is 4.90 Å². The molecule has 0 spiro atoms. The molecule has 0 bridgehead atoms. The molecule has 1 aliphatic heterocycles. The van der Waals surface area contributed by atoms with Crippen LogP contribution in [0.15, 0.2) is 42.5 Å². The lowest BCUT2D eigenvalue weighted by atomic mass is 9.87. The topological polar surface area (TPSA) is 32.3 Å². The Kier molecular flexibility index (Phi) is 7.71. The predicted octanol–water partition coefficient (Wildman–Crippen LogP) is 7.08. The van der Waals surface area contributed by atoms with Crippen LogP contribution in [-0.2, 0) is 25.8 Å². The molecule has 1 aliphatic carbocycles. The standard InChI is InChI=1S/C32H42N4/c1-5-24-15-12-16-25(6-2)30(24)31-33-23(3)28(32(34-31)36-20-10-7-11-21-36)22-35(4)29-19-13-17-26-14-8-9-18-27(26)29/h8-9,12,14-16,18,29H,5-7,10-11,13,17,19-22H2,1-4H3/t29-/m0/s1. The first-order valence-corrected chi connectivity index (χ1v) is 14.1. The van der Waals surface area contributed by atoms with Crippen molar-refractivity contribution in [2.75, 3.05) is 25.0 Å². The Morgan fingerprint density at radius 2 is 1.61 bits per heavy atom. The Labute approximate surface area is 217 Å². The Bertz CT molecular complexity index is 1170. The van der Waals surface area contributed by atoms with E-state index in [1.54, 1.807) is 0 Å². The van der Waals surface area contributed by atoms with E-state index in [0.29, 0.717) is 6.04 Å².